The van der Waals surface area contributed by atoms with Gasteiger partial charge in [0.15, 0.2) is 0 Å². The molecule has 1 fully saturated rings. The Labute approximate surface area is 99.0 Å². The van der Waals surface area contributed by atoms with Crippen LogP contribution in [0.15, 0.2) is 30.3 Å². The van der Waals surface area contributed by atoms with Crippen molar-refractivity contribution >= 4 is 0 Å². The van der Waals surface area contributed by atoms with E-state index in [4.69, 9.17) is 5.73 Å². The fourth-order valence-corrected chi connectivity index (χ4v) is 3.01. The highest BCUT2D eigenvalue weighted by atomic mass is 14.7. The van der Waals surface area contributed by atoms with Crippen molar-refractivity contribution in [2.75, 3.05) is 0 Å². The van der Waals surface area contributed by atoms with Crippen molar-refractivity contribution in [1.82, 2.24) is 0 Å². The Morgan fingerprint density at radius 2 is 1.88 bits per heavy atom. The number of rotatable bonds is 2. The van der Waals surface area contributed by atoms with Crippen LogP contribution < -0.4 is 5.73 Å². The minimum Gasteiger partial charge on any atom is -0.321 e. The molecule has 3 atom stereocenters. The fraction of sp³-hybridized carbons (Fsp3) is 0.600. The third-order valence-corrected chi connectivity index (χ3v) is 4.18. The Bertz CT molecular complexity index is 329. The number of benzene rings is 1. The van der Waals surface area contributed by atoms with Gasteiger partial charge in [0, 0.05) is 5.54 Å². The molecular weight excluding hydrogens is 194 g/mol. The van der Waals surface area contributed by atoms with Gasteiger partial charge in [-0.1, -0.05) is 50.1 Å². The topological polar surface area (TPSA) is 26.0 Å². The van der Waals surface area contributed by atoms with Gasteiger partial charge in [-0.3, -0.25) is 0 Å². The first-order chi connectivity index (χ1) is 7.60. The van der Waals surface area contributed by atoms with Gasteiger partial charge in [0.2, 0.25) is 0 Å². The minimum absolute atomic E-state index is 0.157. The van der Waals surface area contributed by atoms with Gasteiger partial charge in [-0.2, -0.15) is 0 Å². The van der Waals surface area contributed by atoms with Gasteiger partial charge in [0.25, 0.3) is 0 Å². The second kappa shape index (κ2) is 4.58. The third-order valence-electron chi connectivity index (χ3n) is 4.18. The zero-order chi connectivity index (χ0) is 11.6. The lowest BCUT2D eigenvalue weighted by Gasteiger charge is -2.39. The van der Waals surface area contributed by atoms with E-state index in [2.05, 4.69) is 44.2 Å². The Morgan fingerprint density at radius 3 is 2.50 bits per heavy atom. The molecule has 0 bridgehead atoms. The fourth-order valence-electron chi connectivity index (χ4n) is 3.01. The van der Waals surface area contributed by atoms with Crippen LogP contribution in [0.2, 0.25) is 0 Å². The predicted octanol–water partition coefficient (Wildman–Crippen LogP) is 3.69. The highest BCUT2D eigenvalue weighted by molar-refractivity contribution is 5.24. The molecule has 1 aliphatic rings. The Kier molecular flexibility index (Phi) is 3.34. The zero-order valence-electron chi connectivity index (χ0n) is 10.4. The van der Waals surface area contributed by atoms with Crippen LogP contribution >= 0.6 is 0 Å². The van der Waals surface area contributed by atoms with E-state index in [9.17, 15) is 0 Å². The number of hydrogen-bond acceptors (Lipinski definition) is 1. The summed E-state index contributed by atoms with van der Waals surface area (Å²) in [7, 11) is 0. The van der Waals surface area contributed by atoms with E-state index in [0.29, 0.717) is 5.92 Å². The molecule has 1 aromatic carbocycles. The molecule has 1 aromatic rings. The van der Waals surface area contributed by atoms with Crippen molar-refractivity contribution in [3.63, 3.8) is 0 Å². The summed E-state index contributed by atoms with van der Waals surface area (Å²) in [6.07, 6.45) is 5.28. The summed E-state index contributed by atoms with van der Waals surface area (Å²) >= 11 is 0. The quantitative estimate of drug-likeness (QED) is 0.803. The van der Waals surface area contributed by atoms with Gasteiger partial charge >= 0.3 is 0 Å². The second-order valence-electron chi connectivity index (χ2n) is 5.62. The summed E-state index contributed by atoms with van der Waals surface area (Å²) in [5, 5.41) is 0. The van der Waals surface area contributed by atoms with Crippen molar-refractivity contribution < 1.29 is 0 Å². The van der Waals surface area contributed by atoms with Crippen LogP contribution in [0.4, 0.5) is 0 Å². The molecule has 2 rings (SSSR count). The molecule has 88 valence electrons. The van der Waals surface area contributed by atoms with Gasteiger partial charge in [-0.25, -0.2) is 0 Å². The largest absolute Gasteiger partial charge is 0.321 e. The summed E-state index contributed by atoms with van der Waals surface area (Å²) in [4.78, 5) is 0. The monoisotopic (exact) mass is 217 g/mol. The maximum absolute atomic E-state index is 6.58. The summed E-state index contributed by atoms with van der Waals surface area (Å²) in [6.45, 7) is 4.55. The maximum Gasteiger partial charge on any atom is 0.0409 e. The van der Waals surface area contributed by atoms with Gasteiger partial charge in [-0.05, 0) is 37.2 Å². The summed E-state index contributed by atoms with van der Waals surface area (Å²) in [5.74, 6) is 1.48. The lowest BCUT2D eigenvalue weighted by Crippen LogP contribution is -2.43. The van der Waals surface area contributed by atoms with Crippen molar-refractivity contribution in [3.8, 4) is 0 Å². The van der Waals surface area contributed by atoms with Crippen LogP contribution in [0.1, 0.15) is 45.1 Å². The maximum atomic E-state index is 6.58. The Balaban J connectivity index is 2.18. The molecular formula is C15H23N. The third kappa shape index (κ3) is 2.30. The first-order valence-corrected chi connectivity index (χ1v) is 6.45. The Hall–Kier alpha value is -0.820. The zero-order valence-corrected chi connectivity index (χ0v) is 10.4. The van der Waals surface area contributed by atoms with Crippen molar-refractivity contribution in [3.05, 3.63) is 35.9 Å². The molecule has 1 aliphatic carbocycles. The second-order valence-corrected chi connectivity index (χ2v) is 5.62. The first kappa shape index (κ1) is 11.7. The van der Waals surface area contributed by atoms with Gasteiger partial charge in [0.1, 0.15) is 0 Å². The molecule has 0 spiro atoms. The van der Waals surface area contributed by atoms with Crippen LogP contribution in [0.5, 0.6) is 0 Å². The summed E-state index contributed by atoms with van der Waals surface area (Å²) in [6, 6.07) is 10.6. The molecule has 1 saturated carbocycles. The van der Waals surface area contributed by atoms with Gasteiger partial charge < -0.3 is 5.73 Å². The van der Waals surface area contributed by atoms with E-state index >= 15 is 0 Å². The van der Waals surface area contributed by atoms with E-state index in [0.717, 1.165) is 5.92 Å². The molecule has 1 heteroatoms. The van der Waals surface area contributed by atoms with E-state index in [1.807, 2.05) is 0 Å². The normalized spacial score (nSPS) is 29.7. The highest BCUT2D eigenvalue weighted by Gasteiger charge is 2.34. The van der Waals surface area contributed by atoms with E-state index in [1.54, 1.807) is 0 Å². The lowest BCUT2D eigenvalue weighted by atomic mass is 9.70. The van der Waals surface area contributed by atoms with Crippen LogP contribution in [0, 0.1) is 11.8 Å². The van der Waals surface area contributed by atoms with Crippen molar-refractivity contribution in [1.29, 1.82) is 0 Å². The molecule has 3 unspecified atom stereocenters. The number of nitrogens with two attached hydrogens (primary N) is 1. The minimum atomic E-state index is -0.157. The molecule has 0 aromatic heterocycles. The van der Waals surface area contributed by atoms with Crippen LogP contribution in [-0.2, 0) is 5.54 Å². The lowest BCUT2D eigenvalue weighted by molar-refractivity contribution is 0.185. The summed E-state index contributed by atoms with van der Waals surface area (Å²) < 4.78 is 0. The molecule has 16 heavy (non-hydrogen) atoms. The first-order valence-electron chi connectivity index (χ1n) is 6.45. The Morgan fingerprint density at radius 1 is 1.19 bits per heavy atom. The molecule has 0 saturated heterocycles. The smallest absolute Gasteiger partial charge is 0.0409 e. The standard InChI is InChI=1S/C15H23N/c1-12-7-6-10-14(11-12)15(2,16)13-8-4-3-5-9-13/h3-5,8-9,12,14H,6-7,10-11,16H2,1-2H3. The van der Waals surface area contributed by atoms with Crippen LogP contribution in [-0.4, -0.2) is 0 Å². The van der Waals surface area contributed by atoms with E-state index in [-0.39, 0.29) is 5.54 Å². The van der Waals surface area contributed by atoms with Gasteiger partial charge in [-0.15, -0.1) is 0 Å². The average molecular weight is 217 g/mol. The van der Waals surface area contributed by atoms with E-state index < -0.39 is 0 Å². The molecule has 0 amide bonds. The molecule has 0 aliphatic heterocycles. The van der Waals surface area contributed by atoms with Gasteiger partial charge in [0.05, 0.1) is 0 Å². The van der Waals surface area contributed by atoms with Crippen molar-refractivity contribution in [2.45, 2.75) is 45.1 Å². The van der Waals surface area contributed by atoms with Crippen molar-refractivity contribution in [2.24, 2.45) is 17.6 Å². The summed E-state index contributed by atoms with van der Waals surface area (Å²) in [5.41, 5.74) is 7.70. The predicted molar refractivity (Wildman–Crippen MR) is 69.1 cm³/mol. The molecule has 0 radical (unpaired) electrons. The highest BCUT2D eigenvalue weighted by Crippen LogP contribution is 2.39. The van der Waals surface area contributed by atoms with Crippen LogP contribution in [0.25, 0.3) is 0 Å². The SMILES string of the molecule is CC1CCCC(C(C)(N)c2ccccc2)C1. The molecule has 0 heterocycles. The average Bonchev–Trinajstić information content (AvgIpc) is 2.30. The van der Waals surface area contributed by atoms with Crippen LogP contribution in [0.3, 0.4) is 0 Å². The van der Waals surface area contributed by atoms with E-state index in [1.165, 1.54) is 31.2 Å². The number of hydrogen-bond donors (Lipinski definition) is 1. The molecule has 2 N–H and O–H groups in total. The molecule has 1 nitrogen and oxygen atoms in total.